The van der Waals surface area contributed by atoms with Gasteiger partial charge in [0, 0.05) is 0 Å². The van der Waals surface area contributed by atoms with Crippen LogP contribution in [0.3, 0.4) is 0 Å². The molecule has 0 fully saturated rings. The summed E-state index contributed by atoms with van der Waals surface area (Å²) in [6.07, 6.45) is 0.432. The molecule has 8 heteroatoms. The molecule has 0 radical (unpaired) electrons. The minimum absolute atomic E-state index is 0.0699. The number of aromatic nitrogens is 2. The maximum Gasteiger partial charge on any atom is 0.361 e. The molecule has 0 aliphatic carbocycles. The highest BCUT2D eigenvalue weighted by Gasteiger charge is 2.13. The molecule has 64 valence electrons. The van der Waals surface area contributed by atoms with Gasteiger partial charge in [0.2, 0.25) is 0 Å². The van der Waals surface area contributed by atoms with Crippen LogP contribution in [0.2, 0.25) is 0 Å². The second-order valence-electron chi connectivity index (χ2n) is 1.88. The van der Waals surface area contributed by atoms with Crippen LogP contribution in [0.25, 0.3) is 0 Å². The Bertz CT molecular complexity index is 429. The van der Waals surface area contributed by atoms with Gasteiger partial charge in [-0.1, -0.05) is 0 Å². The summed E-state index contributed by atoms with van der Waals surface area (Å²) in [6, 6.07) is 0. The Morgan fingerprint density at radius 3 is 2.67 bits per heavy atom. The molecule has 1 aromatic heterocycles. The molecule has 0 aromatic carbocycles. The molecular formula is C4H3N3O5. The van der Waals surface area contributed by atoms with Crippen LogP contribution < -0.4 is 11.2 Å². The number of rotatable bonds is 1. The van der Waals surface area contributed by atoms with Crippen LogP contribution in [0, 0.1) is 10.1 Å². The molecule has 0 bridgehead atoms. The Hall–Kier alpha value is -2.12. The monoisotopic (exact) mass is 173 g/mol. The van der Waals surface area contributed by atoms with Crippen molar-refractivity contribution in [3.63, 3.8) is 0 Å². The molecule has 2 N–H and O–H groups in total. The predicted molar refractivity (Wildman–Crippen MR) is 35.2 cm³/mol. The Morgan fingerprint density at radius 1 is 1.58 bits per heavy atom. The lowest BCUT2D eigenvalue weighted by Gasteiger charge is -1.92. The largest absolute Gasteiger partial charge is 0.424 e. The maximum absolute atomic E-state index is 10.6. The number of nitrogens with one attached hydrogen (secondary N) is 1. The lowest BCUT2D eigenvalue weighted by Crippen LogP contribution is -2.29. The minimum atomic E-state index is -1.14. The van der Waals surface area contributed by atoms with Crippen molar-refractivity contribution in [2.45, 2.75) is 0 Å². The van der Waals surface area contributed by atoms with E-state index in [0.29, 0.717) is 6.20 Å². The summed E-state index contributed by atoms with van der Waals surface area (Å²) in [7, 11) is 0. The van der Waals surface area contributed by atoms with Crippen molar-refractivity contribution in [2.24, 2.45) is 0 Å². The van der Waals surface area contributed by atoms with Crippen molar-refractivity contribution in [1.82, 2.24) is 9.71 Å². The summed E-state index contributed by atoms with van der Waals surface area (Å²) in [5.74, 6) is 0. The number of hydrogen-bond donors (Lipinski definition) is 2. The third-order valence-electron chi connectivity index (χ3n) is 1.10. The van der Waals surface area contributed by atoms with Crippen LogP contribution in [0.15, 0.2) is 15.8 Å². The molecule has 0 aliphatic rings. The summed E-state index contributed by atoms with van der Waals surface area (Å²) in [4.78, 5) is 31.6. The Labute approximate surface area is 63.8 Å². The van der Waals surface area contributed by atoms with E-state index in [4.69, 9.17) is 5.21 Å². The normalized spacial score (nSPS) is 9.67. The zero-order valence-electron chi connectivity index (χ0n) is 5.55. The van der Waals surface area contributed by atoms with Crippen molar-refractivity contribution in [3.8, 4) is 0 Å². The molecule has 1 heterocycles. The third kappa shape index (κ3) is 1.17. The van der Waals surface area contributed by atoms with Gasteiger partial charge in [-0.3, -0.25) is 19.9 Å². The van der Waals surface area contributed by atoms with Gasteiger partial charge in [0.05, 0.1) is 4.92 Å². The predicted octanol–water partition coefficient (Wildman–Crippen LogP) is -1.32. The first-order valence-electron chi connectivity index (χ1n) is 2.72. The fraction of sp³-hybridized carbons (Fsp3) is 0. The number of aromatic amines is 1. The van der Waals surface area contributed by atoms with Crippen LogP contribution in [0.1, 0.15) is 0 Å². The van der Waals surface area contributed by atoms with E-state index < -0.39 is 21.9 Å². The highest BCUT2D eigenvalue weighted by Crippen LogP contribution is 1.96. The quantitative estimate of drug-likeness (QED) is 0.310. The van der Waals surface area contributed by atoms with Gasteiger partial charge in [-0.15, -0.1) is 4.73 Å². The van der Waals surface area contributed by atoms with Gasteiger partial charge in [-0.05, 0) is 0 Å². The number of H-pyrrole nitrogens is 1. The topological polar surface area (TPSA) is 118 Å². The standard InChI is InChI=1S/C4H3N3O5/c8-3-2(7(11)12)1-6(10)4(9)5-3/h1,10H,(H,5,8,9). The molecule has 0 saturated carbocycles. The van der Waals surface area contributed by atoms with E-state index in [9.17, 15) is 19.7 Å². The van der Waals surface area contributed by atoms with E-state index >= 15 is 0 Å². The lowest BCUT2D eigenvalue weighted by molar-refractivity contribution is -0.387. The number of hydrogen-bond acceptors (Lipinski definition) is 5. The Morgan fingerprint density at radius 2 is 2.17 bits per heavy atom. The van der Waals surface area contributed by atoms with Crippen molar-refractivity contribution < 1.29 is 10.1 Å². The third-order valence-corrected chi connectivity index (χ3v) is 1.10. The second kappa shape index (κ2) is 2.49. The molecule has 0 spiro atoms. The molecule has 8 nitrogen and oxygen atoms in total. The fourth-order valence-corrected chi connectivity index (χ4v) is 0.582. The van der Waals surface area contributed by atoms with E-state index in [1.807, 2.05) is 0 Å². The molecular weight excluding hydrogens is 170 g/mol. The Balaban J connectivity index is 3.54. The molecule has 12 heavy (non-hydrogen) atoms. The zero-order chi connectivity index (χ0) is 9.30. The smallest absolute Gasteiger partial charge is 0.361 e. The van der Waals surface area contributed by atoms with E-state index in [1.165, 1.54) is 0 Å². The SMILES string of the molecule is O=c1[nH]c(=O)n(O)cc1[N+](=O)[O-]. The summed E-state index contributed by atoms with van der Waals surface area (Å²) in [5.41, 5.74) is -3.15. The van der Waals surface area contributed by atoms with Crippen LogP contribution >= 0.6 is 0 Å². The van der Waals surface area contributed by atoms with E-state index in [1.54, 1.807) is 4.98 Å². The first-order valence-corrected chi connectivity index (χ1v) is 2.72. The number of nitro groups is 1. The van der Waals surface area contributed by atoms with Crippen molar-refractivity contribution >= 4 is 5.69 Å². The summed E-state index contributed by atoms with van der Waals surface area (Å²) in [6.45, 7) is 0. The molecule has 0 unspecified atom stereocenters. The van der Waals surface area contributed by atoms with Crippen LogP contribution in [-0.2, 0) is 0 Å². The lowest BCUT2D eigenvalue weighted by atomic mass is 10.5. The molecule has 1 rings (SSSR count). The molecule has 0 atom stereocenters. The first kappa shape index (κ1) is 7.98. The van der Waals surface area contributed by atoms with Gasteiger partial charge in [0.25, 0.3) is 0 Å². The molecule has 1 aromatic rings. The number of nitrogens with zero attached hydrogens (tertiary/aromatic N) is 2. The van der Waals surface area contributed by atoms with Crippen molar-refractivity contribution in [3.05, 3.63) is 37.1 Å². The van der Waals surface area contributed by atoms with Crippen molar-refractivity contribution in [2.75, 3.05) is 0 Å². The fourth-order valence-electron chi connectivity index (χ4n) is 0.582. The highest BCUT2D eigenvalue weighted by molar-refractivity contribution is 5.19. The average molecular weight is 173 g/mol. The second-order valence-corrected chi connectivity index (χ2v) is 1.88. The summed E-state index contributed by atoms with van der Waals surface area (Å²) in [5, 5.41) is 18.6. The summed E-state index contributed by atoms with van der Waals surface area (Å²) >= 11 is 0. The minimum Gasteiger partial charge on any atom is -0.424 e. The first-order chi connectivity index (χ1) is 5.52. The van der Waals surface area contributed by atoms with Crippen molar-refractivity contribution in [1.29, 1.82) is 0 Å². The van der Waals surface area contributed by atoms with E-state index in [0.717, 1.165) is 0 Å². The van der Waals surface area contributed by atoms with Gasteiger partial charge in [0.15, 0.2) is 0 Å². The highest BCUT2D eigenvalue weighted by atomic mass is 16.6. The maximum atomic E-state index is 10.6. The zero-order valence-corrected chi connectivity index (χ0v) is 5.55. The molecule has 0 saturated heterocycles. The van der Waals surface area contributed by atoms with Crippen LogP contribution in [0.5, 0.6) is 0 Å². The van der Waals surface area contributed by atoms with Gasteiger partial charge >= 0.3 is 16.9 Å². The van der Waals surface area contributed by atoms with Crippen LogP contribution in [-0.4, -0.2) is 19.8 Å². The van der Waals surface area contributed by atoms with Crippen LogP contribution in [0.4, 0.5) is 5.69 Å². The van der Waals surface area contributed by atoms with E-state index in [2.05, 4.69) is 0 Å². The average Bonchev–Trinajstić information content (AvgIpc) is 1.96. The molecule has 0 aliphatic heterocycles. The van der Waals surface area contributed by atoms with Gasteiger partial charge in [0.1, 0.15) is 6.20 Å². The van der Waals surface area contributed by atoms with Gasteiger partial charge in [-0.2, -0.15) is 0 Å². The molecule has 0 amide bonds. The van der Waals surface area contributed by atoms with Gasteiger partial charge < -0.3 is 5.21 Å². The van der Waals surface area contributed by atoms with Gasteiger partial charge in [-0.25, -0.2) is 4.79 Å². The van der Waals surface area contributed by atoms with E-state index in [-0.39, 0.29) is 4.73 Å². The summed E-state index contributed by atoms with van der Waals surface area (Å²) < 4.78 is -0.0699. The Kier molecular flexibility index (Phi) is 1.66.